The maximum Gasteiger partial charge on any atom is 0.210 e. The van der Waals surface area contributed by atoms with Gasteiger partial charge in [-0.15, -0.1) is 5.10 Å². The summed E-state index contributed by atoms with van der Waals surface area (Å²) in [6, 6.07) is 8.52. The Kier molecular flexibility index (Phi) is 4.36. The van der Waals surface area contributed by atoms with Crippen molar-refractivity contribution in [3.05, 3.63) is 53.1 Å². The van der Waals surface area contributed by atoms with Crippen LogP contribution in [-0.2, 0) is 0 Å². The van der Waals surface area contributed by atoms with E-state index in [1.54, 1.807) is 16.8 Å². The Morgan fingerprint density at radius 2 is 2.00 bits per heavy atom. The van der Waals surface area contributed by atoms with Crippen LogP contribution in [0.4, 0.5) is 4.39 Å². The molecule has 2 aromatic heterocycles. The van der Waals surface area contributed by atoms with E-state index in [0.29, 0.717) is 16.8 Å². The standard InChI is InChI=1S/C18H18FN5OS/c1-11-9-16(12(2)23(11)14-5-3-13(19)4-6-14)17(25)10-26-18-20-21-22-24(18)15-7-8-15/h3-6,9,15H,7-8,10H2,1-2H3. The molecule has 0 bridgehead atoms. The fourth-order valence-corrected chi connectivity index (χ4v) is 3.90. The van der Waals surface area contributed by atoms with Crippen molar-refractivity contribution in [2.75, 3.05) is 5.75 Å². The third-order valence-corrected chi connectivity index (χ3v) is 5.44. The third kappa shape index (κ3) is 3.16. The molecule has 1 fully saturated rings. The number of benzene rings is 1. The second-order valence-electron chi connectivity index (χ2n) is 6.45. The van der Waals surface area contributed by atoms with E-state index in [0.717, 1.165) is 29.9 Å². The number of rotatable bonds is 6. The van der Waals surface area contributed by atoms with Crippen LogP contribution in [0.1, 0.15) is 40.6 Å². The molecule has 6 nitrogen and oxygen atoms in total. The molecule has 1 aromatic carbocycles. The summed E-state index contributed by atoms with van der Waals surface area (Å²) in [5, 5.41) is 12.4. The molecule has 0 spiro atoms. The van der Waals surface area contributed by atoms with Gasteiger partial charge < -0.3 is 4.57 Å². The maximum atomic E-state index is 13.2. The van der Waals surface area contributed by atoms with Gasteiger partial charge in [-0.05, 0) is 67.4 Å². The number of halogens is 1. The first-order valence-electron chi connectivity index (χ1n) is 8.43. The van der Waals surface area contributed by atoms with Crippen LogP contribution in [0.25, 0.3) is 5.69 Å². The lowest BCUT2D eigenvalue weighted by Crippen LogP contribution is -2.07. The van der Waals surface area contributed by atoms with Crippen molar-refractivity contribution in [3.8, 4) is 5.69 Å². The molecule has 0 N–H and O–H groups in total. The zero-order valence-corrected chi connectivity index (χ0v) is 15.3. The van der Waals surface area contributed by atoms with E-state index in [1.165, 1.54) is 23.9 Å². The summed E-state index contributed by atoms with van der Waals surface area (Å²) >= 11 is 1.37. The first kappa shape index (κ1) is 17.0. The Morgan fingerprint density at radius 1 is 1.27 bits per heavy atom. The zero-order valence-electron chi connectivity index (χ0n) is 14.5. The van der Waals surface area contributed by atoms with Gasteiger partial charge in [0, 0.05) is 22.6 Å². The van der Waals surface area contributed by atoms with Crippen molar-refractivity contribution in [2.45, 2.75) is 37.9 Å². The number of carbonyl (C=O) groups is 1. The van der Waals surface area contributed by atoms with Gasteiger partial charge >= 0.3 is 0 Å². The van der Waals surface area contributed by atoms with Gasteiger partial charge in [0.05, 0.1) is 11.8 Å². The molecule has 1 saturated carbocycles. The van der Waals surface area contributed by atoms with Crippen LogP contribution >= 0.6 is 11.8 Å². The number of Topliss-reactive ketones (excluding diaryl/α,β-unsaturated/α-hetero) is 1. The van der Waals surface area contributed by atoms with Gasteiger partial charge in [0.25, 0.3) is 0 Å². The van der Waals surface area contributed by atoms with E-state index >= 15 is 0 Å². The Labute approximate surface area is 154 Å². The quantitative estimate of drug-likeness (QED) is 0.490. The molecule has 1 aliphatic carbocycles. The minimum atomic E-state index is -0.280. The monoisotopic (exact) mass is 371 g/mol. The van der Waals surface area contributed by atoms with Gasteiger partial charge in [-0.25, -0.2) is 9.07 Å². The zero-order chi connectivity index (χ0) is 18.3. The van der Waals surface area contributed by atoms with Crippen molar-refractivity contribution >= 4 is 17.5 Å². The molecule has 4 rings (SSSR count). The van der Waals surface area contributed by atoms with Crippen LogP contribution in [0.2, 0.25) is 0 Å². The normalized spacial score (nSPS) is 14.0. The van der Waals surface area contributed by atoms with E-state index < -0.39 is 0 Å². The van der Waals surface area contributed by atoms with Crippen molar-refractivity contribution in [1.29, 1.82) is 0 Å². The first-order chi connectivity index (χ1) is 12.5. The predicted octanol–water partition coefficient (Wildman–Crippen LogP) is 3.53. The van der Waals surface area contributed by atoms with Crippen LogP contribution in [-0.4, -0.2) is 36.3 Å². The molecule has 3 aromatic rings. The number of nitrogens with zero attached hydrogens (tertiary/aromatic N) is 5. The number of aryl methyl sites for hydroxylation is 1. The second-order valence-corrected chi connectivity index (χ2v) is 7.39. The number of tetrazole rings is 1. The molecule has 0 saturated heterocycles. The summed E-state index contributed by atoms with van der Waals surface area (Å²) in [5.41, 5.74) is 3.29. The molecule has 0 atom stereocenters. The SMILES string of the molecule is Cc1cc(C(=O)CSc2nnnn2C2CC2)c(C)n1-c1ccc(F)cc1. The number of hydrogen-bond donors (Lipinski definition) is 0. The molecular formula is C18H18FN5OS. The van der Waals surface area contributed by atoms with Crippen LogP contribution in [0.15, 0.2) is 35.5 Å². The number of hydrogen-bond acceptors (Lipinski definition) is 5. The first-order valence-corrected chi connectivity index (χ1v) is 9.42. The van der Waals surface area contributed by atoms with Crippen LogP contribution in [0.3, 0.4) is 0 Å². The number of thioether (sulfide) groups is 1. The van der Waals surface area contributed by atoms with Crippen LogP contribution in [0, 0.1) is 19.7 Å². The average Bonchev–Trinajstić information content (AvgIpc) is 3.29. The van der Waals surface area contributed by atoms with Gasteiger partial charge in [-0.3, -0.25) is 4.79 Å². The molecule has 134 valence electrons. The average molecular weight is 371 g/mol. The van der Waals surface area contributed by atoms with Crippen molar-refractivity contribution < 1.29 is 9.18 Å². The van der Waals surface area contributed by atoms with E-state index in [1.807, 2.05) is 24.5 Å². The molecule has 8 heteroatoms. The predicted molar refractivity (Wildman–Crippen MR) is 96.3 cm³/mol. The fourth-order valence-electron chi connectivity index (χ4n) is 3.07. The molecule has 0 aliphatic heterocycles. The smallest absolute Gasteiger partial charge is 0.210 e. The topological polar surface area (TPSA) is 65.6 Å². The van der Waals surface area contributed by atoms with E-state index in [9.17, 15) is 9.18 Å². The molecular weight excluding hydrogens is 353 g/mol. The van der Waals surface area contributed by atoms with Crippen molar-refractivity contribution in [1.82, 2.24) is 24.8 Å². The van der Waals surface area contributed by atoms with Gasteiger partial charge in [0.2, 0.25) is 5.16 Å². The highest BCUT2D eigenvalue weighted by Gasteiger charge is 2.28. The molecule has 0 radical (unpaired) electrons. The number of carbonyl (C=O) groups excluding carboxylic acids is 1. The van der Waals surface area contributed by atoms with E-state index in [2.05, 4.69) is 15.5 Å². The summed E-state index contributed by atoms with van der Waals surface area (Å²) in [6.07, 6.45) is 2.18. The molecule has 26 heavy (non-hydrogen) atoms. The van der Waals surface area contributed by atoms with E-state index in [4.69, 9.17) is 0 Å². The summed E-state index contributed by atoms with van der Waals surface area (Å²) in [6.45, 7) is 3.84. The lowest BCUT2D eigenvalue weighted by molar-refractivity contribution is 0.102. The number of ketones is 1. The minimum Gasteiger partial charge on any atom is -0.318 e. The highest BCUT2D eigenvalue weighted by molar-refractivity contribution is 7.99. The minimum absolute atomic E-state index is 0.0295. The highest BCUT2D eigenvalue weighted by Crippen LogP contribution is 2.36. The Bertz CT molecular complexity index is 959. The maximum absolute atomic E-state index is 13.2. The van der Waals surface area contributed by atoms with Crippen LogP contribution < -0.4 is 0 Å². The Hall–Kier alpha value is -2.48. The highest BCUT2D eigenvalue weighted by atomic mass is 32.2. The lowest BCUT2D eigenvalue weighted by Gasteiger charge is -2.09. The summed E-state index contributed by atoms with van der Waals surface area (Å²) in [5.74, 6) is 0.0277. The fraction of sp³-hybridized carbons (Fsp3) is 0.333. The van der Waals surface area contributed by atoms with Gasteiger partial charge in [0.15, 0.2) is 5.78 Å². The van der Waals surface area contributed by atoms with E-state index in [-0.39, 0.29) is 17.4 Å². The molecule has 1 aliphatic rings. The van der Waals surface area contributed by atoms with Gasteiger partial charge in [-0.1, -0.05) is 11.8 Å². The van der Waals surface area contributed by atoms with Crippen molar-refractivity contribution in [2.24, 2.45) is 0 Å². The van der Waals surface area contributed by atoms with Crippen molar-refractivity contribution in [3.63, 3.8) is 0 Å². The molecule has 2 heterocycles. The summed E-state index contributed by atoms with van der Waals surface area (Å²) in [4.78, 5) is 12.7. The lowest BCUT2D eigenvalue weighted by atomic mass is 10.2. The third-order valence-electron chi connectivity index (χ3n) is 4.50. The molecule has 0 unspecified atom stereocenters. The summed E-state index contributed by atoms with van der Waals surface area (Å²) in [7, 11) is 0. The van der Waals surface area contributed by atoms with Gasteiger partial charge in [-0.2, -0.15) is 0 Å². The Balaban J connectivity index is 1.54. The second kappa shape index (κ2) is 6.68. The molecule has 0 amide bonds. The summed E-state index contributed by atoms with van der Waals surface area (Å²) < 4.78 is 17.0. The largest absolute Gasteiger partial charge is 0.318 e. The van der Waals surface area contributed by atoms with Crippen LogP contribution in [0.5, 0.6) is 0 Å². The Morgan fingerprint density at radius 3 is 2.69 bits per heavy atom. The number of aromatic nitrogens is 5. The van der Waals surface area contributed by atoms with Gasteiger partial charge in [0.1, 0.15) is 5.82 Å².